The Bertz CT molecular complexity index is 982. The van der Waals surface area contributed by atoms with Crippen LogP contribution in [0.15, 0.2) is 23.1 Å². The van der Waals surface area contributed by atoms with Crippen molar-refractivity contribution in [2.24, 2.45) is 5.92 Å². The maximum atomic E-state index is 13.0. The van der Waals surface area contributed by atoms with Gasteiger partial charge < -0.3 is 10.1 Å². The standard InChI is InChI=1S/C18H23N5O4S/c1-12-2-4-14(11-17(12)28(25,26)23-6-8-27-9-7-23)19-18(24)13-3-5-15-16(10-13)21-22-20-15/h2,4,11,13H,3,5-10H2,1H3,(H,19,24)(H,20,21,22). The second kappa shape index (κ2) is 7.61. The van der Waals surface area contributed by atoms with E-state index in [0.29, 0.717) is 56.8 Å². The molecule has 2 heterocycles. The van der Waals surface area contributed by atoms with Crippen LogP contribution in [0.1, 0.15) is 23.4 Å². The highest BCUT2D eigenvalue weighted by Gasteiger charge is 2.30. The largest absolute Gasteiger partial charge is 0.379 e. The first-order chi connectivity index (χ1) is 13.4. The number of nitrogens with zero attached hydrogens (tertiary/aromatic N) is 3. The average molecular weight is 405 g/mol. The Hall–Kier alpha value is -2.30. The zero-order chi connectivity index (χ0) is 19.7. The van der Waals surface area contributed by atoms with Crippen LogP contribution in [-0.2, 0) is 32.4 Å². The van der Waals surface area contributed by atoms with Crippen molar-refractivity contribution in [2.75, 3.05) is 31.6 Å². The van der Waals surface area contributed by atoms with E-state index in [1.54, 1.807) is 25.1 Å². The number of aryl methyl sites for hydroxylation is 2. The lowest BCUT2D eigenvalue weighted by molar-refractivity contribution is -0.120. The Balaban J connectivity index is 1.51. The fourth-order valence-corrected chi connectivity index (χ4v) is 5.29. The van der Waals surface area contributed by atoms with Crippen LogP contribution in [0.25, 0.3) is 0 Å². The lowest BCUT2D eigenvalue weighted by atomic mass is 9.89. The quantitative estimate of drug-likeness (QED) is 0.780. The number of benzene rings is 1. The molecule has 1 atom stereocenters. The third-order valence-corrected chi connectivity index (χ3v) is 7.33. The second-order valence-electron chi connectivity index (χ2n) is 7.14. The minimum Gasteiger partial charge on any atom is -0.379 e. The smallest absolute Gasteiger partial charge is 0.243 e. The summed E-state index contributed by atoms with van der Waals surface area (Å²) in [5.41, 5.74) is 2.87. The number of fused-ring (bicyclic) bond motifs is 1. The summed E-state index contributed by atoms with van der Waals surface area (Å²) in [6.07, 6.45) is 1.92. The summed E-state index contributed by atoms with van der Waals surface area (Å²) in [5.74, 6) is -0.342. The number of ether oxygens (including phenoxy) is 1. The molecule has 0 radical (unpaired) electrons. The Morgan fingerprint density at radius 1 is 1.25 bits per heavy atom. The van der Waals surface area contributed by atoms with Crippen molar-refractivity contribution in [3.05, 3.63) is 35.2 Å². The van der Waals surface area contributed by atoms with Gasteiger partial charge in [0.2, 0.25) is 15.9 Å². The molecule has 0 bridgehead atoms. The molecule has 9 nitrogen and oxygen atoms in total. The predicted molar refractivity (Wildman–Crippen MR) is 101 cm³/mol. The van der Waals surface area contributed by atoms with E-state index in [-0.39, 0.29) is 16.7 Å². The van der Waals surface area contributed by atoms with Gasteiger partial charge in [-0.15, -0.1) is 0 Å². The molecule has 0 spiro atoms. The molecule has 1 aliphatic carbocycles. The summed E-state index contributed by atoms with van der Waals surface area (Å²) in [7, 11) is -3.63. The van der Waals surface area contributed by atoms with E-state index >= 15 is 0 Å². The minimum absolute atomic E-state index is 0.132. The van der Waals surface area contributed by atoms with Gasteiger partial charge in [0.25, 0.3) is 0 Å². The number of rotatable bonds is 4. The van der Waals surface area contributed by atoms with Gasteiger partial charge in [-0.2, -0.15) is 19.7 Å². The van der Waals surface area contributed by atoms with E-state index in [1.165, 1.54) is 4.31 Å². The summed E-state index contributed by atoms with van der Waals surface area (Å²) >= 11 is 0. The zero-order valence-electron chi connectivity index (χ0n) is 15.6. The fourth-order valence-electron chi connectivity index (χ4n) is 3.63. The first-order valence-corrected chi connectivity index (χ1v) is 10.8. The lowest BCUT2D eigenvalue weighted by Gasteiger charge is -2.27. The third kappa shape index (κ3) is 3.67. The summed E-state index contributed by atoms with van der Waals surface area (Å²) in [6, 6.07) is 5.00. The molecule has 1 aliphatic heterocycles. The van der Waals surface area contributed by atoms with Crippen molar-refractivity contribution < 1.29 is 17.9 Å². The monoisotopic (exact) mass is 405 g/mol. The number of nitrogens with one attached hydrogen (secondary N) is 2. The molecule has 1 unspecified atom stereocenters. The Kier molecular flexibility index (Phi) is 5.17. The molecular formula is C18H23N5O4S. The molecular weight excluding hydrogens is 382 g/mol. The van der Waals surface area contributed by atoms with Gasteiger partial charge in [0.1, 0.15) is 0 Å². The molecule has 2 aliphatic rings. The molecule has 1 amide bonds. The number of anilines is 1. The van der Waals surface area contributed by atoms with Gasteiger partial charge in [-0.1, -0.05) is 6.07 Å². The minimum atomic E-state index is -3.63. The number of sulfonamides is 1. The fraction of sp³-hybridized carbons (Fsp3) is 0.500. The number of hydrogen-bond donors (Lipinski definition) is 2. The van der Waals surface area contributed by atoms with Crippen LogP contribution in [-0.4, -0.2) is 60.3 Å². The summed E-state index contributed by atoms with van der Waals surface area (Å²) in [4.78, 5) is 12.9. The highest BCUT2D eigenvalue weighted by Crippen LogP contribution is 2.27. The van der Waals surface area contributed by atoms with Crippen LogP contribution in [0.5, 0.6) is 0 Å². The van der Waals surface area contributed by atoms with Crippen molar-refractivity contribution in [1.29, 1.82) is 0 Å². The van der Waals surface area contributed by atoms with Gasteiger partial charge in [-0.25, -0.2) is 8.42 Å². The van der Waals surface area contributed by atoms with Gasteiger partial charge in [-0.05, 0) is 37.5 Å². The molecule has 150 valence electrons. The topological polar surface area (TPSA) is 117 Å². The van der Waals surface area contributed by atoms with Crippen LogP contribution in [0, 0.1) is 12.8 Å². The molecule has 0 saturated carbocycles. The second-order valence-corrected chi connectivity index (χ2v) is 9.05. The van der Waals surface area contributed by atoms with Crippen LogP contribution in [0.4, 0.5) is 5.69 Å². The lowest BCUT2D eigenvalue weighted by Crippen LogP contribution is -2.40. The van der Waals surface area contributed by atoms with E-state index in [9.17, 15) is 13.2 Å². The van der Waals surface area contributed by atoms with Gasteiger partial charge in [0.05, 0.1) is 29.5 Å². The number of H-pyrrole nitrogens is 1. The SMILES string of the molecule is Cc1ccc(NC(=O)C2CCc3n[nH]nc3C2)cc1S(=O)(=O)N1CCOCC1. The normalized spacial score (nSPS) is 20.5. The van der Waals surface area contributed by atoms with Gasteiger partial charge in [0, 0.05) is 31.1 Å². The van der Waals surface area contributed by atoms with Crippen LogP contribution in [0.2, 0.25) is 0 Å². The van der Waals surface area contributed by atoms with Gasteiger partial charge in [-0.3, -0.25) is 4.79 Å². The highest BCUT2D eigenvalue weighted by molar-refractivity contribution is 7.89. The van der Waals surface area contributed by atoms with Gasteiger partial charge >= 0.3 is 0 Å². The first-order valence-electron chi connectivity index (χ1n) is 9.33. The number of carbonyl (C=O) groups excluding carboxylic acids is 1. The van der Waals surface area contributed by atoms with E-state index < -0.39 is 10.0 Å². The van der Waals surface area contributed by atoms with Crippen molar-refractivity contribution in [1.82, 2.24) is 19.7 Å². The Labute approximate surface area is 163 Å². The Morgan fingerprint density at radius 3 is 2.79 bits per heavy atom. The molecule has 1 aromatic carbocycles. The van der Waals surface area contributed by atoms with Crippen molar-refractivity contribution >= 4 is 21.6 Å². The first kappa shape index (κ1) is 19.0. The number of aromatic amines is 1. The summed E-state index contributed by atoms with van der Waals surface area (Å²) in [5, 5.41) is 13.6. The number of aromatic nitrogens is 3. The van der Waals surface area contributed by atoms with E-state index in [0.717, 1.165) is 11.4 Å². The maximum Gasteiger partial charge on any atom is 0.243 e. The average Bonchev–Trinajstić information content (AvgIpc) is 3.18. The predicted octanol–water partition coefficient (Wildman–Crippen LogP) is 0.878. The molecule has 4 rings (SSSR count). The molecule has 2 N–H and O–H groups in total. The number of hydrogen-bond acceptors (Lipinski definition) is 6. The van der Waals surface area contributed by atoms with E-state index in [2.05, 4.69) is 20.7 Å². The van der Waals surface area contributed by atoms with E-state index in [1.807, 2.05) is 0 Å². The number of morpholine rings is 1. The third-order valence-electron chi connectivity index (χ3n) is 5.29. The maximum absolute atomic E-state index is 13.0. The molecule has 2 aromatic rings. The van der Waals surface area contributed by atoms with Crippen molar-refractivity contribution in [3.63, 3.8) is 0 Å². The van der Waals surface area contributed by atoms with Crippen LogP contribution in [0.3, 0.4) is 0 Å². The molecule has 1 fully saturated rings. The van der Waals surface area contributed by atoms with E-state index in [4.69, 9.17) is 4.74 Å². The number of carbonyl (C=O) groups is 1. The molecule has 28 heavy (non-hydrogen) atoms. The summed E-state index contributed by atoms with van der Waals surface area (Å²) < 4.78 is 32.7. The van der Waals surface area contributed by atoms with Crippen molar-refractivity contribution in [2.45, 2.75) is 31.1 Å². The molecule has 1 saturated heterocycles. The summed E-state index contributed by atoms with van der Waals surface area (Å²) in [6.45, 7) is 3.20. The van der Waals surface area contributed by atoms with Crippen molar-refractivity contribution in [3.8, 4) is 0 Å². The van der Waals surface area contributed by atoms with Crippen LogP contribution < -0.4 is 5.32 Å². The molecule has 10 heteroatoms. The van der Waals surface area contributed by atoms with Gasteiger partial charge in [0.15, 0.2) is 0 Å². The molecule has 1 aromatic heterocycles. The Morgan fingerprint density at radius 2 is 2.00 bits per heavy atom. The zero-order valence-corrected chi connectivity index (χ0v) is 16.5. The van der Waals surface area contributed by atoms with Crippen LogP contribution >= 0.6 is 0 Å². The number of amides is 1. The highest BCUT2D eigenvalue weighted by atomic mass is 32.2.